The molecule has 0 aliphatic rings. The summed E-state index contributed by atoms with van der Waals surface area (Å²) in [6.45, 7) is 22.3. The molecule has 110 valence electrons. The molecule has 0 saturated carbocycles. The third kappa shape index (κ3) is 10.3. The van der Waals surface area contributed by atoms with Gasteiger partial charge in [-0.05, 0) is 79.8 Å². The average molecular weight is 291 g/mol. The number of hydrogen-bond acceptors (Lipinski definition) is 2. The van der Waals surface area contributed by atoms with Crippen molar-refractivity contribution in [2.24, 2.45) is 0 Å². The van der Waals surface area contributed by atoms with Crippen LogP contribution in [-0.2, 0) is 8.85 Å². The van der Waals surface area contributed by atoms with Gasteiger partial charge in [0.15, 0.2) is 16.6 Å². The van der Waals surface area contributed by atoms with Gasteiger partial charge in [-0.3, -0.25) is 0 Å². The average Bonchev–Trinajstić information content (AvgIpc) is 1.91. The summed E-state index contributed by atoms with van der Waals surface area (Å²) in [5.74, 6) is 0. The highest BCUT2D eigenvalue weighted by Crippen LogP contribution is 2.29. The van der Waals surface area contributed by atoms with E-state index in [0.29, 0.717) is 0 Å². The fourth-order valence-electron chi connectivity index (χ4n) is 2.36. The van der Waals surface area contributed by atoms with E-state index in [1.807, 2.05) is 0 Å². The minimum Gasteiger partial charge on any atom is -0.413 e. The number of rotatable bonds is 7. The highest BCUT2D eigenvalue weighted by Gasteiger charge is 2.32. The SMILES string of the molecule is CC(C)(CCC(C)(C)O[Si](C)(C)C)O[Si](C)(C)C. The predicted octanol–water partition coefficient (Wildman–Crippen LogP) is 5.03. The smallest absolute Gasteiger partial charge is 0.184 e. The molecule has 0 aliphatic heterocycles. The zero-order valence-corrected chi connectivity index (χ0v) is 16.2. The van der Waals surface area contributed by atoms with Crippen LogP contribution in [0.15, 0.2) is 0 Å². The van der Waals surface area contributed by atoms with E-state index >= 15 is 0 Å². The van der Waals surface area contributed by atoms with Gasteiger partial charge in [0.1, 0.15) is 0 Å². The van der Waals surface area contributed by atoms with Crippen LogP contribution in [0.5, 0.6) is 0 Å². The fraction of sp³-hybridized carbons (Fsp3) is 1.00. The molecule has 0 atom stereocenters. The Bertz CT molecular complexity index is 232. The molecule has 0 aromatic rings. The zero-order chi connectivity index (χ0) is 14.8. The summed E-state index contributed by atoms with van der Waals surface area (Å²) in [7, 11) is -2.94. The monoisotopic (exact) mass is 290 g/mol. The summed E-state index contributed by atoms with van der Waals surface area (Å²) in [4.78, 5) is 0. The van der Waals surface area contributed by atoms with Gasteiger partial charge in [-0.1, -0.05) is 0 Å². The molecular formula is C14H34O2Si2. The molecule has 0 N–H and O–H groups in total. The summed E-state index contributed by atoms with van der Waals surface area (Å²) in [6.07, 6.45) is 2.10. The highest BCUT2D eigenvalue weighted by molar-refractivity contribution is 6.70. The Hall–Kier alpha value is 0.354. The summed E-state index contributed by atoms with van der Waals surface area (Å²) >= 11 is 0. The quantitative estimate of drug-likeness (QED) is 0.612. The molecular weight excluding hydrogens is 256 g/mol. The van der Waals surface area contributed by atoms with Crippen molar-refractivity contribution in [1.29, 1.82) is 0 Å². The van der Waals surface area contributed by atoms with Crippen LogP contribution in [0.1, 0.15) is 40.5 Å². The molecule has 0 aliphatic carbocycles. The predicted molar refractivity (Wildman–Crippen MR) is 86.3 cm³/mol. The maximum atomic E-state index is 6.25. The van der Waals surface area contributed by atoms with Crippen LogP contribution in [0.2, 0.25) is 39.3 Å². The maximum absolute atomic E-state index is 6.25. The summed E-state index contributed by atoms with van der Waals surface area (Å²) in [5, 5.41) is 0. The Morgan fingerprint density at radius 1 is 0.611 bits per heavy atom. The second-order valence-electron chi connectivity index (χ2n) is 8.45. The van der Waals surface area contributed by atoms with Crippen molar-refractivity contribution in [2.45, 2.75) is 91.0 Å². The maximum Gasteiger partial charge on any atom is 0.184 e. The molecule has 18 heavy (non-hydrogen) atoms. The van der Waals surface area contributed by atoms with Crippen LogP contribution in [0.4, 0.5) is 0 Å². The standard InChI is InChI=1S/C14H34O2Si2/c1-13(2,15-17(5,6)7)11-12-14(3,4)16-18(8,9)10/h11-12H2,1-10H3. The minimum absolute atomic E-state index is 0.0372. The van der Waals surface area contributed by atoms with E-state index in [9.17, 15) is 0 Å². The second-order valence-corrected chi connectivity index (χ2v) is 17.3. The molecule has 4 heteroatoms. The number of hydrogen-bond donors (Lipinski definition) is 0. The van der Waals surface area contributed by atoms with Crippen LogP contribution in [-0.4, -0.2) is 27.8 Å². The van der Waals surface area contributed by atoms with E-state index in [1.54, 1.807) is 0 Å². The molecule has 0 amide bonds. The Morgan fingerprint density at radius 2 is 0.833 bits per heavy atom. The van der Waals surface area contributed by atoms with Crippen molar-refractivity contribution in [3.05, 3.63) is 0 Å². The summed E-state index contributed by atoms with van der Waals surface area (Å²) in [6, 6.07) is 0. The van der Waals surface area contributed by atoms with Crippen molar-refractivity contribution in [1.82, 2.24) is 0 Å². The van der Waals surface area contributed by atoms with Gasteiger partial charge in [0, 0.05) is 0 Å². The van der Waals surface area contributed by atoms with E-state index in [0.717, 1.165) is 12.8 Å². The van der Waals surface area contributed by atoms with Crippen LogP contribution < -0.4 is 0 Å². The van der Waals surface area contributed by atoms with Crippen molar-refractivity contribution >= 4 is 16.6 Å². The van der Waals surface area contributed by atoms with Crippen molar-refractivity contribution in [2.75, 3.05) is 0 Å². The lowest BCUT2D eigenvalue weighted by Gasteiger charge is -2.38. The first-order valence-corrected chi connectivity index (χ1v) is 13.8. The van der Waals surface area contributed by atoms with Crippen LogP contribution in [0.3, 0.4) is 0 Å². The van der Waals surface area contributed by atoms with Gasteiger partial charge >= 0.3 is 0 Å². The zero-order valence-electron chi connectivity index (χ0n) is 14.2. The Kier molecular flexibility index (Phi) is 5.89. The van der Waals surface area contributed by atoms with Gasteiger partial charge in [-0.25, -0.2) is 0 Å². The van der Waals surface area contributed by atoms with Crippen molar-refractivity contribution in [3.8, 4) is 0 Å². The van der Waals surface area contributed by atoms with E-state index in [1.165, 1.54) is 0 Å². The summed E-state index contributed by atoms with van der Waals surface area (Å²) in [5.41, 5.74) is -0.0743. The van der Waals surface area contributed by atoms with E-state index in [4.69, 9.17) is 8.85 Å². The van der Waals surface area contributed by atoms with Crippen molar-refractivity contribution < 1.29 is 8.85 Å². The first kappa shape index (κ1) is 18.4. The van der Waals surface area contributed by atoms with Crippen molar-refractivity contribution in [3.63, 3.8) is 0 Å². The minimum atomic E-state index is -1.47. The molecule has 2 nitrogen and oxygen atoms in total. The van der Waals surface area contributed by atoms with E-state index in [-0.39, 0.29) is 11.2 Å². The van der Waals surface area contributed by atoms with Gasteiger partial charge in [0.2, 0.25) is 0 Å². The molecule has 0 aromatic heterocycles. The van der Waals surface area contributed by atoms with Crippen LogP contribution >= 0.6 is 0 Å². The highest BCUT2D eigenvalue weighted by atomic mass is 28.4. The van der Waals surface area contributed by atoms with Gasteiger partial charge in [0.05, 0.1) is 11.2 Å². The first-order chi connectivity index (χ1) is 7.62. The molecule has 0 saturated heterocycles. The molecule has 0 spiro atoms. The summed E-state index contributed by atoms with van der Waals surface area (Å²) < 4.78 is 12.5. The molecule has 0 unspecified atom stereocenters. The van der Waals surface area contributed by atoms with Gasteiger partial charge in [0.25, 0.3) is 0 Å². The second kappa shape index (κ2) is 5.77. The van der Waals surface area contributed by atoms with Gasteiger partial charge < -0.3 is 8.85 Å². The lowest BCUT2D eigenvalue weighted by atomic mass is 9.94. The molecule has 0 rings (SSSR count). The lowest BCUT2D eigenvalue weighted by molar-refractivity contribution is 0.0368. The fourth-order valence-corrected chi connectivity index (χ4v) is 5.88. The lowest BCUT2D eigenvalue weighted by Crippen LogP contribution is -2.42. The molecule has 0 aromatic carbocycles. The Balaban J connectivity index is 4.38. The van der Waals surface area contributed by atoms with Gasteiger partial charge in [-0.2, -0.15) is 0 Å². The first-order valence-electron chi connectivity index (χ1n) is 7.02. The van der Waals surface area contributed by atoms with E-state index in [2.05, 4.69) is 67.0 Å². The normalized spacial score (nSPS) is 15.0. The molecule has 0 heterocycles. The largest absolute Gasteiger partial charge is 0.413 e. The van der Waals surface area contributed by atoms with Crippen LogP contribution in [0, 0.1) is 0 Å². The Labute approximate surface area is 117 Å². The third-order valence-electron chi connectivity index (χ3n) is 2.49. The van der Waals surface area contributed by atoms with E-state index < -0.39 is 16.6 Å². The third-order valence-corrected chi connectivity index (χ3v) is 4.82. The molecule has 0 fully saturated rings. The molecule has 0 bridgehead atoms. The topological polar surface area (TPSA) is 18.5 Å². The Morgan fingerprint density at radius 3 is 1.00 bits per heavy atom. The molecule has 0 radical (unpaired) electrons. The van der Waals surface area contributed by atoms with Gasteiger partial charge in [-0.15, -0.1) is 0 Å². The van der Waals surface area contributed by atoms with Crippen LogP contribution in [0.25, 0.3) is 0 Å².